The summed E-state index contributed by atoms with van der Waals surface area (Å²) in [4.78, 5) is 15.6. The van der Waals surface area contributed by atoms with Gasteiger partial charge >= 0.3 is 0 Å². The van der Waals surface area contributed by atoms with Gasteiger partial charge in [-0.1, -0.05) is 18.2 Å². The molecule has 0 saturated carbocycles. The average Bonchev–Trinajstić information content (AvgIpc) is 3.18. The molecule has 1 saturated heterocycles. The summed E-state index contributed by atoms with van der Waals surface area (Å²) >= 11 is 0. The molecule has 24 heavy (non-hydrogen) atoms. The van der Waals surface area contributed by atoms with Gasteiger partial charge in [0, 0.05) is 32.6 Å². The Bertz CT molecular complexity index is 668. The third-order valence-electron chi connectivity index (χ3n) is 4.33. The third kappa shape index (κ3) is 4.38. The molecule has 1 aromatic carbocycles. The molecule has 0 aliphatic carbocycles. The number of carbonyl (C=O) groups is 1. The van der Waals surface area contributed by atoms with Crippen molar-refractivity contribution in [2.75, 3.05) is 26.7 Å². The van der Waals surface area contributed by atoms with Gasteiger partial charge in [-0.2, -0.15) is 0 Å². The molecule has 2 heterocycles. The van der Waals surface area contributed by atoms with Crippen molar-refractivity contribution in [3.8, 4) is 11.7 Å². The predicted molar refractivity (Wildman–Crippen MR) is 91.9 cm³/mol. The van der Waals surface area contributed by atoms with E-state index in [-0.39, 0.29) is 5.91 Å². The quantitative estimate of drug-likeness (QED) is 0.815. The first-order chi connectivity index (χ1) is 11.6. The zero-order chi connectivity index (χ0) is 16.9. The highest BCUT2D eigenvalue weighted by molar-refractivity contribution is 5.73. The molecule has 1 aliphatic rings. The van der Waals surface area contributed by atoms with Crippen LogP contribution in [0.25, 0.3) is 0 Å². The van der Waals surface area contributed by atoms with Gasteiger partial charge in [-0.15, -0.1) is 0 Å². The molecule has 5 nitrogen and oxygen atoms in total. The van der Waals surface area contributed by atoms with Crippen LogP contribution in [0.15, 0.2) is 46.9 Å². The smallest absolute Gasteiger partial charge is 0.290 e. The van der Waals surface area contributed by atoms with Crippen LogP contribution in [-0.4, -0.2) is 42.4 Å². The van der Waals surface area contributed by atoms with Gasteiger partial charge in [0.1, 0.15) is 11.5 Å². The number of carbonyl (C=O) groups excluding carboxylic acids is 1. The number of ether oxygens (including phenoxy) is 1. The van der Waals surface area contributed by atoms with Gasteiger partial charge < -0.3 is 14.1 Å². The lowest BCUT2D eigenvalue weighted by Gasteiger charge is -2.20. The average molecular weight is 328 g/mol. The first-order valence-electron chi connectivity index (χ1n) is 8.36. The molecule has 3 rings (SSSR count). The van der Waals surface area contributed by atoms with E-state index in [9.17, 15) is 4.79 Å². The van der Waals surface area contributed by atoms with E-state index in [1.165, 1.54) is 0 Å². The molecular weight excluding hydrogens is 304 g/mol. The number of amides is 1. The van der Waals surface area contributed by atoms with Crippen LogP contribution in [0, 0.1) is 5.92 Å². The van der Waals surface area contributed by atoms with Gasteiger partial charge in [0.05, 0.1) is 6.54 Å². The second-order valence-electron chi connectivity index (χ2n) is 6.45. The van der Waals surface area contributed by atoms with Crippen LogP contribution in [-0.2, 0) is 11.3 Å². The van der Waals surface area contributed by atoms with Gasteiger partial charge in [-0.3, -0.25) is 9.69 Å². The van der Waals surface area contributed by atoms with Crippen LogP contribution in [0.2, 0.25) is 0 Å². The van der Waals surface area contributed by atoms with E-state index in [2.05, 4.69) is 11.9 Å². The Morgan fingerprint density at radius 1 is 1.29 bits per heavy atom. The van der Waals surface area contributed by atoms with Gasteiger partial charge in [0.15, 0.2) is 0 Å². The van der Waals surface area contributed by atoms with Crippen molar-refractivity contribution in [1.82, 2.24) is 9.80 Å². The highest BCUT2D eigenvalue weighted by Crippen LogP contribution is 2.24. The standard InChI is InChI=1S/C19H24N2O3/c1-15(22)21-11-10-16(13-21)12-20(2)14-18-8-9-19(24-18)23-17-6-4-3-5-7-17/h3-9,16H,10-14H2,1-2H3/t16-/m0/s1. The fraction of sp³-hybridized carbons (Fsp3) is 0.421. The summed E-state index contributed by atoms with van der Waals surface area (Å²) in [5.74, 6) is 2.86. The van der Waals surface area contributed by atoms with E-state index in [0.29, 0.717) is 11.9 Å². The first kappa shape index (κ1) is 16.6. The molecule has 1 atom stereocenters. The van der Waals surface area contributed by atoms with Crippen molar-refractivity contribution in [2.24, 2.45) is 5.92 Å². The van der Waals surface area contributed by atoms with Crippen LogP contribution >= 0.6 is 0 Å². The fourth-order valence-corrected chi connectivity index (χ4v) is 3.14. The summed E-state index contributed by atoms with van der Waals surface area (Å²) in [6.07, 6.45) is 1.07. The van der Waals surface area contributed by atoms with E-state index in [1.807, 2.05) is 47.4 Å². The molecule has 0 bridgehead atoms. The van der Waals surface area contributed by atoms with Crippen LogP contribution in [0.4, 0.5) is 0 Å². The fourth-order valence-electron chi connectivity index (χ4n) is 3.14. The maximum absolute atomic E-state index is 11.4. The zero-order valence-electron chi connectivity index (χ0n) is 14.3. The Balaban J connectivity index is 1.48. The summed E-state index contributed by atoms with van der Waals surface area (Å²) < 4.78 is 11.4. The minimum atomic E-state index is 0.175. The number of para-hydroxylation sites is 1. The Labute approximate surface area is 142 Å². The lowest BCUT2D eigenvalue weighted by Crippen LogP contribution is -2.30. The molecule has 1 aliphatic heterocycles. The highest BCUT2D eigenvalue weighted by atomic mass is 16.6. The van der Waals surface area contributed by atoms with E-state index in [4.69, 9.17) is 9.15 Å². The van der Waals surface area contributed by atoms with E-state index >= 15 is 0 Å². The van der Waals surface area contributed by atoms with Crippen LogP contribution in [0.3, 0.4) is 0 Å². The van der Waals surface area contributed by atoms with Gasteiger partial charge in [0.2, 0.25) is 5.91 Å². The highest BCUT2D eigenvalue weighted by Gasteiger charge is 2.25. The van der Waals surface area contributed by atoms with Crippen LogP contribution in [0.1, 0.15) is 19.1 Å². The summed E-state index contributed by atoms with van der Waals surface area (Å²) in [5, 5.41) is 0. The Kier molecular flexibility index (Phi) is 5.20. The Morgan fingerprint density at radius 3 is 2.79 bits per heavy atom. The second-order valence-corrected chi connectivity index (χ2v) is 6.45. The minimum Gasteiger partial charge on any atom is -0.429 e. The summed E-state index contributed by atoms with van der Waals surface area (Å²) in [6, 6.07) is 13.4. The van der Waals surface area contributed by atoms with Gasteiger partial charge in [-0.05, 0) is 37.6 Å². The number of hydrogen-bond acceptors (Lipinski definition) is 4. The van der Waals surface area contributed by atoms with Gasteiger partial charge in [-0.25, -0.2) is 0 Å². The maximum atomic E-state index is 11.4. The number of benzene rings is 1. The van der Waals surface area contributed by atoms with Crippen molar-refractivity contribution in [1.29, 1.82) is 0 Å². The molecule has 0 N–H and O–H groups in total. The minimum absolute atomic E-state index is 0.175. The monoisotopic (exact) mass is 328 g/mol. The molecule has 1 amide bonds. The second kappa shape index (κ2) is 7.53. The normalized spacial score (nSPS) is 17.5. The lowest BCUT2D eigenvalue weighted by atomic mass is 10.1. The number of furan rings is 1. The molecule has 0 spiro atoms. The van der Waals surface area contributed by atoms with Crippen LogP contribution in [0.5, 0.6) is 11.7 Å². The third-order valence-corrected chi connectivity index (χ3v) is 4.33. The molecule has 0 radical (unpaired) electrons. The number of likely N-dealkylation sites (tertiary alicyclic amines) is 1. The Hall–Kier alpha value is -2.27. The summed E-state index contributed by atoms with van der Waals surface area (Å²) in [6.45, 7) is 5.07. The van der Waals surface area contributed by atoms with E-state index in [0.717, 1.165) is 44.1 Å². The number of nitrogens with zero attached hydrogens (tertiary/aromatic N) is 2. The molecule has 5 heteroatoms. The van der Waals surface area contributed by atoms with E-state index < -0.39 is 0 Å². The van der Waals surface area contributed by atoms with Crippen molar-refractivity contribution in [2.45, 2.75) is 19.9 Å². The topological polar surface area (TPSA) is 45.9 Å². The van der Waals surface area contributed by atoms with Crippen LogP contribution < -0.4 is 4.74 Å². The molecule has 2 aromatic rings. The van der Waals surface area contributed by atoms with E-state index in [1.54, 1.807) is 6.92 Å². The molecule has 0 unspecified atom stereocenters. The molecule has 128 valence electrons. The van der Waals surface area contributed by atoms with Crippen molar-refractivity contribution >= 4 is 5.91 Å². The largest absolute Gasteiger partial charge is 0.429 e. The predicted octanol–water partition coefficient (Wildman–Crippen LogP) is 3.37. The Morgan fingerprint density at radius 2 is 2.08 bits per heavy atom. The summed E-state index contributed by atoms with van der Waals surface area (Å²) in [5.41, 5.74) is 0. The zero-order valence-corrected chi connectivity index (χ0v) is 14.3. The lowest BCUT2D eigenvalue weighted by molar-refractivity contribution is -0.127. The SMILES string of the molecule is CC(=O)N1CC[C@@H](CN(C)Cc2ccc(Oc3ccccc3)o2)C1. The molecule has 1 fully saturated rings. The molecule has 1 aromatic heterocycles. The molecular formula is C19H24N2O3. The number of hydrogen-bond donors (Lipinski definition) is 0. The maximum Gasteiger partial charge on any atom is 0.290 e. The number of rotatable bonds is 6. The van der Waals surface area contributed by atoms with Crippen molar-refractivity contribution < 1.29 is 13.9 Å². The van der Waals surface area contributed by atoms with Crippen molar-refractivity contribution in [3.05, 3.63) is 48.2 Å². The van der Waals surface area contributed by atoms with Gasteiger partial charge in [0.25, 0.3) is 5.95 Å². The summed E-state index contributed by atoms with van der Waals surface area (Å²) in [7, 11) is 2.08. The van der Waals surface area contributed by atoms with Crippen molar-refractivity contribution in [3.63, 3.8) is 0 Å². The first-order valence-corrected chi connectivity index (χ1v) is 8.36.